The topological polar surface area (TPSA) is 114 Å². The summed E-state index contributed by atoms with van der Waals surface area (Å²) < 4.78 is 5.24. The van der Waals surface area contributed by atoms with E-state index in [9.17, 15) is 9.59 Å². The lowest BCUT2D eigenvalue weighted by molar-refractivity contribution is -0.115. The maximum absolute atomic E-state index is 12.8. The third-order valence-corrected chi connectivity index (χ3v) is 6.18. The van der Waals surface area contributed by atoms with Crippen LogP contribution in [0.3, 0.4) is 0 Å². The highest BCUT2D eigenvalue weighted by Crippen LogP contribution is 2.27. The number of nitrogens with one attached hydrogen (secondary N) is 1. The summed E-state index contributed by atoms with van der Waals surface area (Å²) in [5, 5.41) is 5.96. The van der Waals surface area contributed by atoms with Crippen molar-refractivity contribution < 1.29 is 14.0 Å². The zero-order valence-electron chi connectivity index (χ0n) is 16.6. The predicted molar refractivity (Wildman–Crippen MR) is 122 cm³/mol. The van der Waals surface area contributed by atoms with Gasteiger partial charge in [-0.25, -0.2) is 9.97 Å². The van der Waals surface area contributed by atoms with E-state index in [0.717, 1.165) is 10.2 Å². The molecule has 0 atom stereocenters. The van der Waals surface area contributed by atoms with Crippen molar-refractivity contribution in [1.29, 1.82) is 0 Å². The lowest BCUT2D eigenvalue weighted by Crippen LogP contribution is -2.31. The monoisotopic (exact) mass is 453 g/mol. The molecule has 0 saturated carbocycles. The Hall–Kier alpha value is -3.37. The second-order valence-electron chi connectivity index (χ2n) is 6.55. The molecular formula is C21H19N5O3S2. The zero-order valence-corrected chi connectivity index (χ0v) is 18.2. The second-order valence-corrected chi connectivity index (χ2v) is 8.39. The molecule has 0 bridgehead atoms. The van der Waals surface area contributed by atoms with E-state index in [2.05, 4.69) is 15.3 Å². The summed E-state index contributed by atoms with van der Waals surface area (Å²) in [6.07, 6.45) is 1.55. The Kier molecular flexibility index (Phi) is 6.19. The highest BCUT2D eigenvalue weighted by Gasteiger charge is 2.19. The number of nitrogens with two attached hydrogens (primary N) is 1. The van der Waals surface area contributed by atoms with Gasteiger partial charge < -0.3 is 20.4 Å². The molecule has 3 aromatic heterocycles. The third kappa shape index (κ3) is 4.70. The van der Waals surface area contributed by atoms with E-state index in [1.807, 2.05) is 11.4 Å². The van der Waals surface area contributed by atoms with Crippen LogP contribution in [0.4, 0.5) is 11.5 Å². The fraction of sp³-hybridized carbons (Fsp3) is 0.143. The number of thioether (sulfide) groups is 1. The summed E-state index contributed by atoms with van der Waals surface area (Å²) in [6, 6.07) is 12.4. The van der Waals surface area contributed by atoms with Gasteiger partial charge in [0.05, 0.1) is 35.2 Å². The first-order valence-electron chi connectivity index (χ1n) is 9.32. The molecule has 0 spiro atoms. The molecule has 8 nitrogen and oxygen atoms in total. The molecule has 0 saturated heterocycles. The lowest BCUT2D eigenvalue weighted by atomic mass is 10.1. The Morgan fingerprint density at radius 1 is 1.19 bits per heavy atom. The molecule has 0 aliphatic heterocycles. The maximum Gasteiger partial charge on any atom is 0.253 e. The fourth-order valence-electron chi connectivity index (χ4n) is 2.91. The Morgan fingerprint density at radius 3 is 2.84 bits per heavy atom. The van der Waals surface area contributed by atoms with Gasteiger partial charge in [0.15, 0.2) is 5.16 Å². The number of aromatic nitrogens is 2. The van der Waals surface area contributed by atoms with E-state index in [1.165, 1.54) is 28.0 Å². The highest BCUT2D eigenvalue weighted by molar-refractivity contribution is 7.99. The van der Waals surface area contributed by atoms with Gasteiger partial charge >= 0.3 is 0 Å². The van der Waals surface area contributed by atoms with Crippen LogP contribution in [0.15, 0.2) is 63.7 Å². The molecule has 0 aliphatic rings. The number of nitrogens with zero attached hydrogens (tertiary/aromatic N) is 3. The number of hydrogen-bond acceptors (Lipinski definition) is 8. The molecule has 3 N–H and O–H groups in total. The first-order chi connectivity index (χ1) is 15.0. The van der Waals surface area contributed by atoms with Crippen LogP contribution in [0, 0.1) is 0 Å². The SMILES string of the molecule is CN(C(=O)CSc1nc(N)c2ccsc2n1)c1ccccc1C(=O)NCc1ccco1. The minimum atomic E-state index is -0.293. The van der Waals surface area contributed by atoms with Crippen LogP contribution in [-0.4, -0.2) is 34.6 Å². The number of benzene rings is 1. The van der Waals surface area contributed by atoms with Gasteiger partial charge in [0.25, 0.3) is 5.91 Å². The molecule has 4 rings (SSSR count). The molecular weight excluding hydrogens is 434 g/mol. The number of thiophene rings is 1. The lowest BCUT2D eigenvalue weighted by Gasteiger charge is -2.20. The number of carbonyl (C=O) groups is 2. The molecule has 31 heavy (non-hydrogen) atoms. The van der Waals surface area contributed by atoms with Gasteiger partial charge in [-0.15, -0.1) is 11.3 Å². The summed E-state index contributed by atoms with van der Waals surface area (Å²) in [5.41, 5.74) is 6.88. The first kappa shape index (κ1) is 20.9. The van der Waals surface area contributed by atoms with Crippen LogP contribution in [0.2, 0.25) is 0 Å². The van der Waals surface area contributed by atoms with Gasteiger partial charge in [0.1, 0.15) is 16.4 Å². The van der Waals surface area contributed by atoms with Crippen LogP contribution in [-0.2, 0) is 11.3 Å². The Labute approximate surface area is 186 Å². The van der Waals surface area contributed by atoms with Gasteiger partial charge in [0.2, 0.25) is 5.91 Å². The van der Waals surface area contributed by atoms with Gasteiger partial charge in [-0.05, 0) is 35.7 Å². The highest BCUT2D eigenvalue weighted by atomic mass is 32.2. The largest absolute Gasteiger partial charge is 0.467 e. The Balaban J connectivity index is 1.43. The Morgan fingerprint density at radius 2 is 2.03 bits per heavy atom. The smallest absolute Gasteiger partial charge is 0.253 e. The normalized spacial score (nSPS) is 10.9. The molecule has 4 aromatic rings. The van der Waals surface area contributed by atoms with Gasteiger partial charge in [0, 0.05) is 7.05 Å². The maximum atomic E-state index is 12.8. The Bertz CT molecular complexity index is 1220. The number of para-hydroxylation sites is 1. The van der Waals surface area contributed by atoms with Crippen molar-refractivity contribution in [1.82, 2.24) is 15.3 Å². The third-order valence-electron chi connectivity index (χ3n) is 4.55. The van der Waals surface area contributed by atoms with E-state index in [4.69, 9.17) is 10.2 Å². The van der Waals surface area contributed by atoms with E-state index >= 15 is 0 Å². The number of amides is 2. The molecule has 10 heteroatoms. The zero-order chi connectivity index (χ0) is 21.8. The second kappa shape index (κ2) is 9.19. The van der Waals surface area contributed by atoms with Crippen molar-refractivity contribution in [2.45, 2.75) is 11.7 Å². The van der Waals surface area contributed by atoms with Crippen molar-refractivity contribution in [2.24, 2.45) is 0 Å². The quantitative estimate of drug-likeness (QED) is 0.325. The van der Waals surface area contributed by atoms with E-state index in [-0.39, 0.29) is 24.1 Å². The molecule has 2 amide bonds. The van der Waals surface area contributed by atoms with E-state index < -0.39 is 0 Å². The fourth-order valence-corrected chi connectivity index (χ4v) is 4.51. The molecule has 158 valence electrons. The predicted octanol–water partition coefficient (Wildman–Crippen LogP) is 3.55. The van der Waals surface area contributed by atoms with E-state index in [1.54, 1.807) is 49.7 Å². The van der Waals surface area contributed by atoms with Crippen molar-refractivity contribution >= 4 is 56.6 Å². The molecule has 3 heterocycles. The minimum absolute atomic E-state index is 0.106. The summed E-state index contributed by atoms with van der Waals surface area (Å²) in [7, 11) is 1.64. The molecule has 0 fully saturated rings. The number of hydrogen-bond donors (Lipinski definition) is 2. The average molecular weight is 454 g/mol. The number of anilines is 2. The molecule has 0 unspecified atom stereocenters. The first-order valence-corrected chi connectivity index (χ1v) is 11.2. The number of nitrogen functional groups attached to an aromatic ring is 1. The summed E-state index contributed by atoms with van der Waals surface area (Å²) >= 11 is 2.68. The summed E-state index contributed by atoms with van der Waals surface area (Å²) in [4.78, 5) is 36.4. The summed E-state index contributed by atoms with van der Waals surface area (Å²) in [5.74, 6) is 0.667. The summed E-state index contributed by atoms with van der Waals surface area (Å²) in [6.45, 7) is 0.262. The van der Waals surface area contributed by atoms with Crippen LogP contribution in [0.1, 0.15) is 16.1 Å². The minimum Gasteiger partial charge on any atom is -0.467 e. The number of carbonyl (C=O) groups excluding carboxylic acids is 2. The average Bonchev–Trinajstić information content (AvgIpc) is 3.47. The van der Waals surface area contributed by atoms with Crippen molar-refractivity contribution in [3.05, 3.63) is 65.4 Å². The van der Waals surface area contributed by atoms with Crippen molar-refractivity contribution in [3.8, 4) is 0 Å². The van der Waals surface area contributed by atoms with Crippen LogP contribution in [0.25, 0.3) is 10.2 Å². The molecule has 1 aromatic carbocycles. The number of furan rings is 1. The van der Waals surface area contributed by atoms with Gasteiger partial charge in [-0.1, -0.05) is 23.9 Å². The van der Waals surface area contributed by atoms with Crippen LogP contribution in [0.5, 0.6) is 0 Å². The van der Waals surface area contributed by atoms with Crippen LogP contribution >= 0.6 is 23.1 Å². The van der Waals surface area contributed by atoms with Gasteiger partial charge in [-0.3, -0.25) is 9.59 Å². The van der Waals surface area contributed by atoms with E-state index in [0.29, 0.717) is 28.0 Å². The molecule has 0 aliphatic carbocycles. The molecule has 0 radical (unpaired) electrons. The standard InChI is InChI=1S/C21H19N5O3S2/c1-26(17(27)12-31-21-24-18(22)15-8-10-30-20(15)25-21)16-7-3-2-6-14(16)19(28)23-11-13-5-4-9-29-13/h2-10H,11-12H2,1H3,(H,23,28)(H2,22,24,25). The number of fused-ring (bicyclic) bond motifs is 1. The number of rotatable bonds is 7. The van der Waals surface area contributed by atoms with Crippen LogP contribution < -0.4 is 16.0 Å². The van der Waals surface area contributed by atoms with Crippen molar-refractivity contribution in [2.75, 3.05) is 23.4 Å². The van der Waals surface area contributed by atoms with Crippen molar-refractivity contribution in [3.63, 3.8) is 0 Å². The van der Waals surface area contributed by atoms with Gasteiger partial charge in [-0.2, -0.15) is 0 Å².